The minimum absolute atomic E-state index is 0.00969. The Bertz CT molecular complexity index is 1260. The molecular formula is C20H11N3O6. The maximum atomic E-state index is 12.3. The van der Waals surface area contributed by atoms with E-state index in [-0.39, 0.29) is 17.2 Å². The molecule has 142 valence electrons. The summed E-state index contributed by atoms with van der Waals surface area (Å²) in [6.07, 6.45) is 1.18. The van der Waals surface area contributed by atoms with Gasteiger partial charge in [-0.2, -0.15) is 0 Å². The van der Waals surface area contributed by atoms with Crippen molar-refractivity contribution in [2.24, 2.45) is 4.99 Å². The first-order valence-corrected chi connectivity index (χ1v) is 8.37. The van der Waals surface area contributed by atoms with Gasteiger partial charge in [0.05, 0.1) is 21.5 Å². The van der Waals surface area contributed by atoms with Crippen LogP contribution in [0.4, 0.5) is 11.4 Å². The summed E-state index contributed by atoms with van der Waals surface area (Å²) in [6, 6.07) is 16.1. The Hall–Kier alpha value is -4.40. The molecule has 0 spiro atoms. The van der Waals surface area contributed by atoms with E-state index < -0.39 is 27.2 Å². The van der Waals surface area contributed by atoms with Crippen molar-refractivity contribution in [3.8, 4) is 0 Å². The third-order valence-electron chi connectivity index (χ3n) is 4.35. The van der Waals surface area contributed by atoms with Crippen LogP contribution in [-0.4, -0.2) is 21.7 Å². The molecule has 29 heavy (non-hydrogen) atoms. The van der Waals surface area contributed by atoms with E-state index >= 15 is 0 Å². The lowest BCUT2D eigenvalue weighted by molar-refractivity contribution is -0.394. The Morgan fingerprint density at radius 3 is 2.45 bits per heavy atom. The fourth-order valence-electron chi connectivity index (χ4n) is 3.01. The van der Waals surface area contributed by atoms with Crippen LogP contribution in [0, 0.1) is 20.2 Å². The summed E-state index contributed by atoms with van der Waals surface area (Å²) >= 11 is 0. The van der Waals surface area contributed by atoms with Crippen molar-refractivity contribution < 1.29 is 19.4 Å². The number of cyclic esters (lactones) is 1. The third-order valence-corrected chi connectivity index (χ3v) is 4.35. The van der Waals surface area contributed by atoms with Crippen LogP contribution >= 0.6 is 0 Å². The highest BCUT2D eigenvalue weighted by Gasteiger charge is 2.27. The summed E-state index contributed by atoms with van der Waals surface area (Å²) in [5, 5.41) is 23.9. The molecule has 1 aliphatic heterocycles. The molecule has 1 heterocycles. The predicted molar refractivity (Wildman–Crippen MR) is 104 cm³/mol. The molecule has 0 radical (unpaired) electrons. The summed E-state index contributed by atoms with van der Waals surface area (Å²) < 4.78 is 5.27. The molecule has 1 aliphatic rings. The molecule has 0 saturated heterocycles. The lowest BCUT2D eigenvalue weighted by atomic mass is 10.0. The number of aliphatic imine (C=N–C) groups is 1. The number of non-ortho nitro benzene ring substituents is 1. The zero-order chi connectivity index (χ0) is 20.5. The SMILES string of the molecule is O=C1OC(c2cccc3ccccc23)=N/C1=C\c1ccc([N+](=O)[O-])cc1[N+](=O)[O-]. The highest BCUT2D eigenvalue weighted by Crippen LogP contribution is 2.29. The van der Waals surface area contributed by atoms with Crippen LogP contribution in [0.1, 0.15) is 11.1 Å². The van der Waals surface area contributed by atoms with Crippen LogP contribution in [-0.2, 0) is 9.53 Å². The smallest absolute Gasteiger partial charge is 0.363 e. The molecule has 0 atom stereocenters. The summed E-state index contributed by atoms with van der Waals surface area (Å²) in [5.41, 5.74) is -0.445. The Kier molecular flexibility index (Phi) is 4.32. The molecule has 9 heteroatoms. The van der Waals surface area contributed by atoms with E-state index in [1.54, 1.807) is 12.1 Å². The second-order valence-corrected chi connectivity index (χ2v) is 6.12. The number of carbonyl (C=O) groups excluding carboxylic acids is 1. The van der Waals surface area contributed by atoms with E-state index in [9.17, 15) is 25.0 Å². The maximum absolute atomic E-state index is 12.3. The van der Waals surface area contributed by atoms with E-state index in [4.69, 9.17) is 4.74 Å². The zero-order valence-electron chi connectivity index (χ0n) is 14.6. The van der Waals surface area contributed by atoms with Crippen LogP contribution in [0.5, 0.6) is 0 Å². The number of carbonyl (C=O) groups is 1. The van der Waals surface area contributed by atoms with Gasteiger partial charge in [-0.05, 0) is 29.0 Å². The molecule has 0 aromatic heterocycles. The van der Waals surface area contributed by atoms with Gasteiger partial charge in [-0.1, -0.05) is 36.4 Å². The number of nitro benzene ring substituents is 2. The molecular weight excluding hydrogens is 378 g/mol. The van der Waals surface area contributed by atoms with Crippen molar-refractivity contribution in [1.82, 2.24) is 0 Å². The fraction of sp³-hybridized carbons (Fsp3) is 0. The lowest BCUT2D eigenvalue weighted by Crippen LogP contribution is -2.06. The van der Waals surface area contributed by atoms with Crippen LogP contribution in [0.25, 0.3) is 16.8 Å². The van der Waals surface area contributed by atoms with Gasteiger partial charge in [0.15, 0.2) is 5.70 Å². The summed E-state index contributed by atoms with van der Waals surface area (Å²) in [6.45, 7) is 0. The van der Waals surface area contributed by atoms with Crippen LogP contribution in [0.2, 0.25) is 0 Å². The monoisotopic (exact) mass is 389 g/mol. The van der Waals surface area contributed by atoms with E-state index in [1.807, 2.05) is 30.3 Å². The number of nitro groups is 2. The van der Waals surface area contributed by atoms with Crippen LogP contribution in [0.3, 0.4) is 0 Å². The van der Waals surface area contributed by atoms with Crippen LogP contribution in [0.15, 0.2) is 71.4 Å². The maximum Gasteiger partial charge on any atom is 0.363 e. The van der Waals surface area contributed by atoms with Gasteiger partial charge in [0, 0.05) is 11.6 Å². The number of hydrogen-bond donors (Lipinski definition) is 0. The molecule has 9 nitrogen and oxygen atoms in total. The minimum atomic E-state index is -0.763. The lowest BCUT2D eigenvalue weighted by Gasteiger charge is -2.04. The topological polar surface area (TPSA) is 125 Å². The van der Waals surface area contributed by atoms with Crippen molar-refractivity contribution in [3.63, 3.8) is 0 Å². The van der Waals surface area contributed by atoms with Crippen molar-refractivity contribution in [3.05, 3.63) is 97.7 Å². The fourth-order valence-corrected chi connectivity index (χ4v) is 3.01. The highest BCUT2D eigenvalue weighted by molar-refractivity contribution is 6.17. The van der Waals surface area contributed by atoms with Gasteiger partial charge in [0.2, 0.25) is 5.90 Å². The molecule has 4 rings (SSSR count). The number of ether oxygens (including phenoxy) is 1. The molecule has 0 aliphatic carbocycles. The molecule has 0 saturated carbocycles. The number of hydrogen-bond acceptors (Lipinski definition) is 7. The van der Waals surface area contributed by atoms with E-state index in [0.717, 1.165) is 22.9 Å². The van der Waals surface area contributed by atoms with E-state index in [0.29, 0.717) is 5.56 Å². The largest absolute Gasteiger partial charge is 0.402 e. The quantitative estimate of drug-likeness (QED) is 0.287. The Morgan fingerprint density at radius 1 is 0.931 bits per heavy atom. The Morgan fingerprint density at radius 2 is 1.69 bits per heavy atom. The number of nitrogens with zero attached hydrogens (tertiary/aromatic N) is 3. The molecule has 3 aromatic carbocycles. The standard InChI is InChI=1S/C20H11N3O6/c24-20-17(10-13-8-9-14(22(25)26)11-18(13)23(27)28)21-19(29-20)16-7-3-5-12-4-1-2-6-15(12)16/h1-11H/b17-10-. The number of rotatable bonds is 4. The normalized spacial score (nSPS) is 14.7. The molecule has 3 aromatic rings. The minimum Gasteiger partial charge on any atom is -0.402 e. The summed E-state index contributed by atoms with van der Waals surface area (Å²) in [7, 11) is 0. The van der Waals surface area contributed by atoms with Gasteiger partial charge in [0.25, 0.3) is 11.4 Å². The molecule has 0 N–H and O–H groups in total. The predicted octanol–water partition coefficient (Wildman–Crippen LogP) is 4.00. The first kappa shape index (κ1) is 18.0. The molecule has 0 fully saturated rings. The molecule has 0 bridgehead atoms. The van der Waals surface area contributed by atoms with Gasteiger partial charge in [0.1, 0.15) is 0 Å². The third kappa shape index (κ3) is 3.32. The average molecular weight is 389 g/mol. The van der Waals surface area contributed by atoms with E-state index in [2.05, 4.69) is 4.99 Å². The van der Waals surface area contributed by atoms with Gasteiger partial charge in [-0.25, -0.2) is 9.79 Å². The van der Waals surface area contributed by atoms with Crippen molar-refractivity contribution in [1.29, 1.82) is 0 Å². The average Bonchev–Trinajstić information content (AvgIpc) is 3.07. The number of benzene rings is 3. The van der Waals surface area contributed by atoms with Crippen molar-refractivity contribution in [2.75, 3.05) is 0 Å². The molecule has 0 unspecified atom stereocenters. The highest BCUT2D eigenvalue weighted by atomic mass is 16.6. The Balaban J connectivity index is 1.79. The van der Waals surface area contributed by atoms with E-state index in [1.165, 1.54) is 12.1 Å². The molecule has 0 amide bonds. The van der Waals surface area contributed by atoms with Gasteiger partial charge < -0.3 is 4.74 Å². The van der Waals surface area contributed by atoms with Gasteiger partial charge in [-0.15, -0.1) is 0 Å². The summed E-state index contributed by atoms with van der Waals surface area (Å²) in [5.74, 6) is -0.678. The number of fused-ring (bicyclic) bond motifs is 1. The van der Waals surface area contributed by atoms with Gasteiger partial charge >= 0.3 is 5.97 Å². The van der Waals surface area contributed by atoms with Crippen LogP contribution < -0.4 is 0 Å². The second-order valence-electron chi connectivity index (χ2n) is 6.12. The van der Waals surface area contributed by atoms with Crippen molar-refractivity contribution in [2.45, 2.75) is 0 Å². The number of esters is 1. The zero-order valence-corrected chi connectivity index (χ0v) is 14.6. The first-order valence-electron chi connectivity index (χ1n) is 8.37. The first-order chi connectivity index (χ1) is 13.9. The summed E-state index contributed by atoms with van der Waals surface area (Å²) in [4.78, 5) is 37.1. The Labute approximate surface area is 162 Å². The second kappa shape index (κ2) is 6.97. The van der Waals surface area contributed by atoms with Gasteiger partial charge in [-0.3, -0.25) is 20.2 Å². The van der Waals surface area contributed by atoms with Crippen molar-refractivity contribution >= 4 is 40.1 Å².